The Morgan fingerprint density at radius 1 is 1.03 bits per heavy atom. The van der Waals surface area contributed by atoms with Crippen molar-refractivity contribution >= 4 is 21.7 Å². The highest BCUT2D eigenvalue weighted by molar-refractivity contribution is 7.21. The van der Waals surface area contributed by atoms with E-state index in [1.165, 1.54) is 16.9 Å². The third kappa shape index (κ3) is 3.84. The first kappa shape index (κ1) is 21.2. The second-order valence-electron chi connectivity index (χ2n) is 8.92. The molecular weight excluding hydrogens is 417 g/mol. The van der Waals surface area contributed by atoms with E-state index in [9.17, 15) is 0 Å². The summed E-state index contributed by atoms with van der Waals surface area (Å²) in [6.07, 6.45) is 3.26. The second kappa shape index (κ2) is 8.38. The summed E-state index contributed by atoms with van der Waals surface area (Å²) in [6.45, 7) is 6.36. The molecule has 1 fully saturated rings. The molecule has 3 nitrogen and oxygen atoms in total. The lowest BCUT2D eigenvalue weighted by atomic mass is 9.92. The zero-order valence-corrected chi connectivity index (χ0v) is 19.5. The maximum absolute atomic E-state index is 15.1. The Labute approximate surface area is 192 Å². The van der Waals surface area contributed by atoms with Gasteiger partial charge in [-0.15, -0.1) is 0 Å². The smallest absolute Gasteiger partial charge is 0.144 e. The van der Waals surface area contributed by atoms with Gasteiger partial charge in [0.2, 0.25) is 0 Å². The van der Waals surface area contributed by atoms with E-state index >= 15 is 4.39 Å². The Kier molecular flexibility index (Phi) is 5.56. The van der Waals surface area contributed by atoms with Crippen LogP contribution >= 0.6 is 11.3 Å². The van der Waals surface area contributed by atoms with Gasteiger partial charge in [-0.1, -0.05) is 54.7 Å². The molecule has 0 radical (unpaired) electrons. The first-order valence-corrected chi connectivity index (χ1v) is 12.2. The third-order valence-electron chi connectivity index (χ3n) is 6.69. The molecule has 2 aromatic carbocycles. The summed E-state index contributed by atoms with van der Waals surface area (Å²) in [4.78, 5) is 10.5. The molecule has 0 spiro atoms. The number of fused-ring (bicyclic) bond motifs is 1. The van der Waals surface area contributed by atoms with Crippen molar-refractivity contribution in [2.24, 2.45) is 0 Å². The standard InChI is InChI=1S/C27H28FN3S/c1-4-17(2)29-18(3)19-10-11-21(22(28)16-19)25-30-23-12-13-24(31-26(23)32-25)27(14-15-27)20-8-6-5-7-9-20/h5-13,16-18,29H,4,14-15H2,1-3H3/t17-,18+/m1/s1. The van der Waals surface area contributed by atoms with E-state index in [4.69, 9.17) is 9.97 Å². The van der Waals surface area contributed by atoms with E-state index in [1.807, 2.05) is 24.3 Å². The molecule has 1 saturated carbocycles. The molecule has 2 heterocycles. The topological polar surface area (TPSA) is 37.8 Å². The maximum atomic E-state index is 15.1. The van der Waals surface area contributed by atoms with Crippen LogP contribution in [0.25, 0.3) is 20.9 Å². The second-order valence-corrected chi connectivity index (χ2v) is 9.90. The van der Waals surface area contributed by atoms with E-state index in [1.54, 1.807) is 6.07 Å². The number of nitrogens with one attached hydrogen (secondary N) is 1. The fourth-order valence-electron chi connectivity index (χ4n) is 4.39. The van der Waals surface area contributed by atoms with Gasteiger partial charge in [-0.2, -0.15) is 0 Å². The Hall–Kier alpha value is -2.63. The number of thiazole rings is 1. The molecule has 5 rings (SSSR count). The van der Waals surface area contributed by atoms with E-state index in [2.05, 4.69) is 56.4 Å². The van der Waals surface area contributed by atoms with Crippen LogP contribution in [0.2, 0.25) is 0 Å². The lowest BCUT2D eigenvalue weighted by Gasteiger charge is -2.19. The minimum absolute atomic E-state index is 0.0191. The van der Waals surface area contributed by atoms with Gasteiger partial charge in [0.05, 0.1) is 5.69 Å². The molecule has 164 valence electrons. The molecule has 0 bridgehead atoms. The predicted molar refractivity (Wildman–Crippen MR) is 131 cm³/mol. The van der Waals surface area contributed by atoms with Gasteiger partial charge in [-0.05, 0) is 68.5 Å². The van der Waals surface area contributed by atoms with Gasteiger partial charge in [0.25, 0.3) is 0 Å². The average Bonchev–Trinajstić information content (AvgIpc) is 3.52. The van der Waals surface area contributed by atoms with E-state index in [0.717, 1.165) is 40.9 Å². The van der Waals surface area contributed by atoms with Crippen LogP contribution < -0.4 is 5.32 Å². The zero-order chi connectivity index (χ0) is 22.3. The fourth-order valence-corrected chi connectivity index (χ4v) is 5.35. The lowest BCUT2D eigenvalue weighted by molar-refractivity contribution is 0.467. The normalized spacial score (nSPS) is 16.8. The van der Waals surface area contributed by atoms with Crippen LogP contribution in [0.3, 0.4) is 0 Å². The summed E-state index contributed by atoms with van der Waals surface area (Å²) >= 11 is 1.47. The summed E-state index contributed by atoms with van der Waals surface area (Å²) < 4.78 is 15.1. The van der Waals surface area contributed by atoms with Crippen molar-refractivity contribution in [2.45, 2.75) is 57.5 Å². The molecule has 1 aliphatic rings. The Morgan fingerprint density at radius 3 is 2.50 bits per heavy atom. The van der Waals surface area contributed by atoms with Crippen LogP contribution in [-0.4, -0.2) is 16.0 Å². The Balaban J connectivity index is 1.45. The van der Waals surface area contributed by atoms with Crippen LogP contribution in [0.5, 0.6) is 0 Å². The highest BCUT2D eigenvalue weighted by Gasteiger charge is 2.47. The van der Waals surface area contributed by atoms with Crippen LogP contribution in [0.15, 0.2) is 60.7 Å². The number of aromatic nitrogens is 2. The number of halogens is 1. The van der Waals surface area contributed by atoms with Crippen LogP contribution in [-0.2, 0) is 5.41 Å². The van der Waals surface area contributed by atoms with Gasteiger partial charge in [0.15, 0.2) is 0 Å². The van der Waals surface area contributed by atoms with Crippen LogP contribution in [0.4, 0.5) is 4.39 Å². The summed E-state index contributed by atoms with van der Waals surface area (Å²) in [5.41, 5.74) is 4.74. The molecule has 4 aromatic rings. The minimum Gasteiger partial charge on any atom is -0.308 e. The van der Waals surface area contributed by atoms with Crippen LogP contribution in [0, 0.1) is 5.82 Å². The predicted octanol–water partition coefficient (Wildman–Crippen LogP) is 7.03. The highest BCUT2D eigenvalue weighted by Crippen LogP contribution is 2.53. The minimum atomic E-state index is -0.234. The molecule has 1 N–H and O–H groups in total. The Morgan fingerprint density at radius 2 is 1.81 bits per heavy atom. The third-order valence-corrected chi connectivity index (χ3v) is 7.69. The van der Waals surface area contributed by atoms with Gasteiger partial charge in [-0.3, -0.25) is 0 Å². The SMILES string of the molecule is CC[C@@H](C)N[C@@H](C)c1ccc(-c2nc3ccc(C4(c5ccccc5)CC4)nc3s2)c(F)c1. The molecule has 0 unspecified atom stereocenters. The lowest BCUT2D eigenvalue weighted by Crippen LogP contribution is -2.28. The maximum Gasteiger partial charge on any atom is 0.144 e. The summed E-state index contributed by atoms with van der Waals surface area (Å²) in [5.74, 6) is -0.234. The van der Waals surface area contributed by atoms with E-state index in [0.29, 0.717) is 16.6 Å². The number of hydrogen-bond acceptors (Lipinski definition) is 4. The van der Waals surface area contributed by atoms with Crippen molar-refractivity contribution in [3.8, 4) is 10.6 Å². The van der Waals surface area contributed by atoms with E-state index < -0.39 is 0 Å². The van der Waals surface area contributed by atoms with E-state index in [-0.39, 0.29) is 17.3 Å². The van der Waals surface area contributed by atoms with Gasteiger partial charge in [-0.25, -0.2) is 14.4 Å². The quantitative estimate of drug-likeness (QED) is 0.332. The summed E-state index contributed by atoms with van der Waals surface area (Å²) in [5, 5.41) is 4.19. The van der Waals surface area contributed by atoms with Gasteiger partial charge in [0.1, 0.15) is 21.2 Å². The van der Waals surface area contributed by atoms with Crippen molar-refractivity contribution in [1.82, 2.24) is 15.3 Å². The summed E-state index contributed by atoms with van der Waals surface area (Å²) in [6, 6.07) is 20.7. The van der Waals surface area contributed by atoms with Gasteiger partial charge >= 0.3 is 0 Å². The zero-order valence-electron chi connectivity index (χ0n) is 18.7. The highest BCUT2D eigenvalue weighted by atomic mass is 32.1. The molecule has 0 aliphatic heterocycles. The molecule has 1 aliphatic carbocycles. The number of hydrogen-bond donors (Lipinski definition) is 1. The number of rotatable bonds is 7. The fraction of sp³-hybridized carbons (Fsp3) is 0.333. The number of pyridine rings is 1. The molecule has 2 atom stereocenters. The number of benzene rings is 2. The molecular formula is C27H28FN3S. The van der Waals surface area contributed by atoms with Gasteiger partial charge < -0.3 is 5.32 Å². The molecule has 0 amide bonds. The van der Waals surface area contributed by atoms with Crippen molar-refractivity contribution < 1.29 is 4.39 Å². The van der Waals surface area contributed by atoms with Gasteiger partial charge in [0, 0.05) is 23.1 Å². The van der Waals surface area contributed by atoms with Crippen molar-refractivity contribution in [1.29, 1.82) is 0 Å². The number of nitrogens with zero attached hydrogens (tertiary/aromatic N) is 2. The van der Waals surface area contributed by atoms with Crippen molar-refractivity contribution in [3.05, 3.63) is 83.3 Å². The summed E-state index contributed by atoms with van der Waals surface area (Å²) in [7, 11) is 0. The van der Waals surface area contributed by atoms with Crippen molar-refractivity contribution in [3.63, 3.8) is 0 Å². The largest absolute Gasteiger partial charge is 0.308 e. The van der Waals surface area contributed by atoms with Crippen LogP contribution in [0.1, 0.15) is 62.9 Å². The monoisotopic (exact) mass is 445 g/mol. The molecule has 5 heteroatoms. The average molecular weight is 446 g/mol. The Bertz CT molecular complexity index is 1250. The molecule has 2 aromatic heterocycles. The van der Waals surface area contributed by atoms with Crippen molar-refractivity contribution in [2.75, 3.05) is 0 Å². The first-order chi connectivity index (χ1) is 15.5. The molecule has 0 saturated heterocycles. The molecule has 32 heavy (non-hydrogen) atoms. The first-order valence-electron chi connectivity index (χ1n) is 11.4.